The number of unbranched alkanes of at least 4 members (excludes halogenated alkanes) is 1. The first-order valence-electron chi connectivity index (χ1n) is 3.04. The van der Waals surface area contributed by atoms with Crippen LogP contribution in [0.25, 0.3) is 0 Å². The molecule has 0 fully saturated rings. The lowest BCUT2D eigenvalue weighted by molar-refractivity contribution is 0.0842. The lowest BCUT2D eigenvalue weighted by Crippen LogP contribution is -2.04. The smallest absolute Gasteiger partial charge is 0.434 e. The molecule has 0 atom stereocenters. The Hall–Kier alpha value is -0.990. The van der Waals surface area contributed by atoms with E-state index in [4.69, 9.17) is 0 Å². The van der Waals surface area contributed by atoms with Crippen LogP contribution in [0.15, 0.2) is 12.8 Å². The van der Waals surface area contributed by atoms with E-state index in [0.717, 1.165) is 19.1 Å². The van der Waals surface area contributed by atoms with Crippen LogP contribution in [0.5, 0.6) is 0 Å². The van der Waals surface area contributed by atoms with Crippen LogP contribution >= 0.6 is 0 Å². The molecule has 0 N–H and O–H groups in total. The van der Waals surface area contributed by atoms with Gasteiger partial charge in [-0.15, -0.1) is 0 Å². The van der Waals surface area contributed by atoms with Crippen LogP contribution in [0.4, 0.5) is 4.79 Å². The van der Waals surface area contributed by atoms with Crippen molar-refractivity contribution in [3.05, 3.63) is 19.8 Å². The fourth-order valence-electron chi connectivity index (χ4n) is 0.360. The highest BCUT2D eigenvalue weighted by molar-refractivity contribution is 5.60. The van der Waals surface area contributed by atoms with Crippen LogP contribution in [0.2, 0.25) is 0 Å². The summed E-state index contributed by atoms with van der Waals surface area (Å²) in [5, 5.41) is 0. The highest BCUT2D eigenvalue weighted by atomic mass is 16.7. The van der Waals surface area contributed by atoms with Crippen molar-refractivity contribution in [2.45, 2.75) is 12.8 Å². The summed E-state index contributed by atoms with van der Waals surface area (Å²) in [4.78, 5) is 10.4. The van der Waals surface area contributed by atoms with Crippen LogP contribution in [-0.2, 0) is 9.47 Å². The molecule has 0 amide bonds. The molecule has 10 heavy (non-hydrogen) atoms. The van der Waals surface area contributed by atoms with E-state index in [-0.39, 0.29) is 0 Å². The SMILES string of the molecule is [CH2]CCCOC(=O)OC=C. The predicted octanol–water partition coefficient (Wildman–Crippen LogP) is 1.90. The zero-order valence-corrected chi connectivity index (χ0v) is 5.84. The van der Waals surface area contributed by atoms with Gasteiger partial charge in [0.15, 0.2) is 0 Å². The largest absolute Gasteiger partial charge is 0.513 e. The summed E-state index contributed by atoms with van der Waals surface area (Å²) in [6.45, 7) is 7.13. The van der Waals surface area contributed by atoms with Crippen LogP contribution < -0.4 is 0 Å². The summed E-state index contributed by atoms with van der Waals surface area (Å²) >= 11 is 0. The predicted molar refractivity (Wildman–Crippen MR) is 37.2 cm³/mol. The van der Waals surface area contributed by atoms with E-state index in [1.807, 2.05) is 0 Å². The maximum atomic E-state index is 10.4. The van der Waals surface area contributed by atoms with E-state index in [9.17, 15) is 4.79 Å². The number of carbonyl (C=O) groups excluding carboxylic acids is 1. The summed E-state index contributed by atoms with van der Waals surface area (Å²) in [5.41, 5.74) is 0. The van der Waals surface area contributed by atoms with Gasteiger partial charge < -0.3 is 9.47 Å². The van der Waals surface area contributed by atoms with Gasteiger partial charge in [-0.1, -0.05) is 19.9 Å². The van der Waals surface area contributed by atoms with Crippen molar-refractivity contribution in [1.82, 2.24) is 0 Å². The molecule has 0 aromatic heterocycles. The van der Waals surface area contributed by atoms with E-state index in [2.05, 4.69) is 23.0 Å². The zero-order valence-electron chi connectivity index (χ0n) is 5.84. The summed E-state index contributed by atoms with van der Waals surface area (Å²) < 4.78 is 8.82. The van der Waals surface area contributed by atoms with Gasteiger partial charge in [-0.2, -0.15) is 0 Å². The average Bonchev–Trinajstić information content (AvgIpc) is 1.89. The van der Waals surface area contributed by atoms with Gasteiger partial charge in [-0.25, -0.2) is 4.79 Å². The number of rotatable bonds is 4. The van der Waals surface area contributed by atoms with Crippen molar-refractivity contribution in [1.29, 1.82) is 0 Å². The van der Waals surface area contributed by atoms with Crippen LogP contribution in [-0.4, -0.2) is 12.8 Å². The summed E-state index contributed by atoms with van der Waals surface area (Å²) in [6.07, 6.45) is 1.84. The quantitative estimate of drug-likeness (QED) is 0.342. The average molecular weight is 143 g/mol. The number of carbonyl (C=O) groups is 1. The fourth-order valence-corrected chi connectivity index (χ4v) is 0.360. The van der Waals surface area contributed by atoms with Gasteiger partial charge in [0.1, 0.15) is 0 Å². The molecule has 0 spiro atoms. The molecule has 0 aliphatic heterocycles. The van der Waals surface area contributed by atoms with Crippen molar-refractivity contribution >= 4 is 6.16 Å². The van der Waals surface area contributed by atoms with Crippen LogP contribution in [0.3, 0.4) is 0 Å². The minimum Gasteiger partial charge on any atom is -0.434 e. The van der Waals surface area contributed by atoms with E-state index < -0.39 is 6.16 Å². The van der Waals surface area contributed by atoms with Gasteiger partial charge >= 0.3 is 6.16 Å². The van der Waals surface area contributed by atoms with E-state index in [1.165, 1.54) is 0 Å². The molecule has 3 heteroatoms. The maximum Gasteiger partial charge on any atom is 0.513 e. The lowest BCUT2D eigenvalue weighted by atomic mass is 10.4. The Kier molecular flexibility index (Phi) is 5.53. The van der Waals surface area contributed by atoms with Gasteiger partial charge in [0.2, 0.25) is 0 Å². The number of hydrogen-bond donors (Lipinski definition) is 0. The minimum absolute atomic E-state index is 0.357. The van der Waals surface area contributed by atoms with Gasteiger partial charge in [-0.05, 0) is 6.42 Å². The Bertz CT molecular complexity index is 109. The van der Waals surface area contributed by atoms with Crippen molar-refractivity contribution in [2.24, 2.45) is 0 Å². The summed E-state index contributed by atoms with van der Waals surface area (Å²) in [5.74, 6) is 0. The van der Waals surface area contributed by atoms with Crippen molar-refractivity contribution in [3.8, 4) is 0 Å². The Morgan fingerprint density at radius 1 is 1.60 bits per heavy atom. The molecule has 0 aromatic carbocycles. The molecule has 0 heterocycles. The first-order valence-corrected chi connectivity index (χ1v) is 3.04. The highest BCUT2D eigenvalue weighted by Crippen LogP contribution is 1.90. The van der Waals surface area contributed by atoms with Gasteiger partial charge in [-0.3, -0.25) is 0 Å². The summed E-state index contributed by atoms with van der Waals surface area (Å²) in [6, 6.07) is 0. The molecular formula is C7H11O3. The third-order valence-electron chi connectivity index (χ3n) is 0.794. The topological polar surface area (TPSA) is 35.5 Å². The lowest BCUT2D eigenvalue weighted by Gasteiger charge is -1.99. The van der Waals surface area contributed by atoms with E-state index in [0.29, 0.717) is 6.61 Å². The van der Waals surface area contributed by atoms with E-state index in [1.54, 1.807) is 0 Å². The monoisotopic (exact) mass is 143 g/mol. The second-order valence-corrected chi connectivity index (χ2v) is 1.59. The normalized spacial score (nSPS) is 8.50. The van der Waals surface area contributed by atoms with Crippen LogP contribution in [0, 0.1) is 6.92 Å². The number of ether oxygens (including phenoxy) is 2. The highest BCUT2D eigenvalue weighted by Gasteiger charge is 1.97. The number of hydrogen-bond acceptors (Lipinski definition) is 3. The first-order chi connectivity index (χ1) is 4.81. The standard InChI is InChI=1S/C7H11O3/c1-3-5-6-10-7(8)9-4-2/h4H,1-3,5-6H2. The fraction of sp³-hybridized carbons (Fsp3) is 0.429. The van der Waals surface area contributed by atoms with Gasteiger partial charge in [0, 0.05) is 0 Å². The molecule has 0 saturated heterocycles. The molecular weight excluding hydrogens is 132 g/mol. The molecule has 0 aliphatic rings. The van der Waals surface area contributed by atoms with Crippen LogP contribution in [0.1, 0.15) is 12.8 Å². The van der Waals surface area contributed by atoms with Gasteiger partial charge in [0.25, 0.3) is 0 Å². The second kappa shape index (κ2) is 6.13. The molecule has 0 bridgehead atoms. The first kappa shape index (κ1) is 9.01. The Labute approximate surface area is 60.6 Å². The molecule has 0 unspecified atom stereocenters. The van der Waals surface area contributed by atoms with Crippen molar-refractivity contribution in [2.75, 3.05) is 6.61 Å². The zero-order chi connectivity index (χ0) is 7.82. The minimum atomic E-state index is -0.705. The van der Waals surface area contributed by atoms with Crippen molar-refractivity contribution in [3.63, 3.8) is 0 Å². The Morgan fingerprint density at radius 2 is 2.30 bits per heavy atom. The molecule has 57 valence electrons. The molecule has 0 aliphatic carbocycles. The third-order valence-corrected chi connectivity index (χ3v) is 0.794. The summed E-state index contributed by atoms with van der Waals surface area (Å²) in [7, 11) is 0. The van der Waals surface area contributed by atoms with Gasteiger partial charge in [0.05, 0.1) is 12.9 Å². The van der Waals surface area contributed by atoms with Crippen molar-refractivity contribution < 1.29 is 14.3 Å². The third kappa shape index (κ3) is 5.15. The maximum absolute atomic E-state index is 10.4. The van der Waals surface area contributed by atoms with E-state index >= 15 is 0 Å². The molecule has 0 aromatic rings. The Morgan fingerprint density at radius 3 is 2.80 bits per heavy atom. The Balaban J connectivity index is 3.13. The molecule has 3 nitrogen and oxygen atoms in total. The molecule has 0 saturated carbocycles. The second-order valence-electron chi connectivity index (χ2n) is 1.59. The molecule has 1 radical (unpaired) electrons. The molecule has 0 rings (SSSR count).